The van der Waals surface area contributed by atoms with E-state index in [2.05, 4.69) is 45.5 Å². The number of thiophene rings is 1. The van der Waals surface area contributed by atoms with Gasteiger partial charge in [0.15, 0.2) is 0 Å². The summed E-state index contributed by atoms with van der Waals surface area (Å²) in [6.07, 6.45) is 3.26. The molecule has 2 aromatic heterocycles. The van der Waals surface area contributed by atoms with Gasteiger partial charge in [-0.15, -0.1) is 11.3 Å². The number of benzene rings is 1. The maximum absolute atomic E-state index is 10.6. The predicted molar refractivity (Wildman–Crippen MR) is 119 cm³/mol. The highest BCUT2D eigenvalue weighted by molar-refractivity contribution is 7.10. The Morgan fingerprint density at radius 2 is 1.86 bits per heavy atom. The minimum atomic E-state index is -0.271. The first-order valence-corrected chi connectivity index (χ1v) is 11.6. The maximum atomic E-state index is 10.6. The number of hydrogen-bond donors (Lipinski definition) is 1. The molecule has 0 radical (unpaired) electrons. The number of aliphatic hydroxyl groups excluding tert-OH is 1. The van der Waals surface area contributed by atoms with E-state index in [0.717, 1.165) is 43.8 Å². The van der Waals surface area contributed by atoms with Crippen LogP contribution in [0.4, 0.5) is 0 Å². The number of fused-ring (bicyclic) bond motifs is 1. The number of hydrogen-bond acceptors (Lipinski definition) is 5. The molecule has 1 aromatic carbocycles. The van der Waals surface area contributed by atoms with Crippen LogP contribution in [-0.4, -0.2) is 52.2 Å². The summed E-state index contributed by atoms with van der Waals surface area (Å²) < 4.78 is 0. The molecule has 0 aliphatic carbocycles. The molecule has 5 rings (SSSR count). The third-order valence-electron chi connectivity index (χ3n) is 6.30. The number of aromatic nitrogens is 1. The Morgan fingerprint density at radius 1 is 1.00 bits per heavy atom. The summed E-state index contributed by atoms with van der Waals surface area (Å²) in [7, 11) is 0. The van der Waals surface area contributed by atoms with Crippen molar-refractivity contribution in [3.05, 3.63) is 64.0 Å². The van der Waals surface area contributed by atoms with E-state index in [9.17, 15) is 5.11 Å². The summed E-state index contributed by atoms with van der Waals surface area (Å²) in [5.74, 6) is 0.257. The van der Waals surface area contributed by atoms with Gasteiger partial charge in [0.05, 0.1) is 11.6 Å². The van der Waals surface area contributed by atoms with Gasteiger partial charge in [0.25, 0.3) is 0 Å². The normalized spacial score (nSPS) is 23.3. The molecule has 2 fully saturated rings. The van der Waals surface area contributed by atoms with Crippen LogP contribution >= 0.6 is 11.3 Å². The number of para-hydroxylation sites is 1. The average molecular weight is 408 g/mol. The lowest BCUT2D eigenvalue weighted by Crippen LogP contribution is -2.21. The van der Waals surface area contributed by atoms with Gasteiger partial charge in [-0.3, -0.25) is 14.8 Å². The number of nitrogens with zero attached hydrogens (tertiary/aromatic N) is 3. The number of aliphatic hydroxyl groups is 1. The van der Waals surface area contributed by atoms with E-state index >= 15 is 0 Å². The topological polar surface area (TPSA) is 39.6 Å². The third kappa shape index (κ3) is 4.53. The van der Waals surface area contributed by atoms with Crippen molar-refractivity contribution in [1.82, 2.24) is 14.8 Å². The Bertz CT molecular complexity index is 965. The van der Waals surface area contributed by atoms with Crippen molar-refractivity contribution < 1.29 is 5.11 Å². The van der Waals surface area contributed by atoms with Crippen LogP contribution in [0.25, 0.3) is 10.9 Å². The van der Waals surface area contributed by atoms with Crippen LogP contribution in [0, 0.1) is 5.92 Å². The monoisotopic (exact) mass is 407 g/mol. The number of rotatable bonds is 6. The lowest BCUT2D eigenvalue weighted by molar-refractivity contribution is 0.140. The first kappa shape index (κ1) is 19.2. The van der Waals surface area contributed by atoms with E-state index in [0.29, 0.717) is 0 Å². The number of likely N-dealkylation sites (tertiary alicyclic amines) is 2. The van der Waals surface area contributed by atoms with Gasteiger partial charge in [0.1, 0.15) is 0 Å². The molecule has 29 heavy (non-hydrogen) atoms. The molecule has 0 bridgehead atoms. The lowest BCUT2D eigenvalue weighted by atomic mass is 9.99. The van der Waals surface area contributed by atoms with E-state index in [1.807, 2.05) is 23.5 Å². The van der Waals surface area contributed by atoms with Crippen LogP contribution in [0.2, 0.25) is 0 Å². The Labute approximate surface area is 176 Å². The molecule has 152 valence electrons. The van der Waals surface area contributed by atoms with Crippen LogP contribution in [-0.2, 0) is 19.5 Å². The van der Waals surface area contributed by atoms with E-state index in [4.69, 9.17) is 4.98 Å². The second kappa shape index (κ2) is 8.52. The Hall–Kier alpha value is -1.79. The second-order valence-corrected chi connectivity index (χ2v) is 9.62. The summed E-state index contributed by atoms with van der Waals surface area (Å²) in [6.45, 7) is 6.23. The molecule has 4 nitrogen and oxygen atoms in total. The largest absolute Gasteiger partial charge is 0.391 e. The predicted octanol–water partition coefficient (Wildman–Crippen LogP) is 3.93. The smallest absolute Gasteiger partial charge is 0.0711 e. The van der Waals surface area contributed by atoms with Crippen LogP contribution in [0.3, 0.4) is 0 Å². The second-order valence-electron chi connectivity index (χ2n) is 8.63. The van der Waals surface area contributed by atoms with Crippen molar-refractivity contribution in [3.8, 4) is 0 Å². The van der Waals surface area contributed by atoms with Crippen LogP contribution < -0.4 is 0 Å². The van der Waals surface area contributed by atoms with Crippen molar-refractivity contribution >= 4 is 22.2 Å². The fourth-order valence-corrected chi connectivity index (χ4v) is 5.69. The van der Waals surface area contributed by atoms with Crippen molar-refractivity contribution in [1.29, 1.82) is 0 Å². The zero-order valence-electron chi connectivity index (χ0n) is 16.8. The van der Waals surface area contributed by atoms with Gasteiger partial charge in [-0.2, -0.15) is 0 Å². The van der Waals surface area contributed by atoms with E-state index in [1.54, 1.807) is 0 Å². The summed E-state index contributed by atoms with van der Waals surface area (Å²) >= 11 is 1.87. The van der Waals surface area contributed by atoms with Crippen LogP contribution in [0.15, 0.2) is 47.8 Å². The minimum absolute atomic E-state index is 0.257. The molecule has 2 aliphatic rings. The highest BCUT2D eigenvalue weighted by Crippen LogP contribution is 2.26. The molecule has 2 saturated heterocycles. The summed E-state index contributed by atoms with van der Waals surface area (Å²) in [6, 6.07) is 14.9. The van der Waals surface area contributed by atoms with Gasteiger partial charge in [-0.25, -0.2) is 0 Å². The Kier molecular flexibility index (Phi) is 5.64. The van der Waals surface area contributed by atoms with Crippen molar-refractivity contribution in [2.75, 3.05) is 26.2 Å². The van der Waals surface area contributed by atoms with Crippen molar-refractivity contribution in [2.24, 2.45) is 5.92 Å². The fourth-order valence-electron chi connectivity index (χ4n) is 4.77. The molecular formula is C24H29N3OS. The molecule has 0 spiro atoms. The van der Waals surface area contributed by atoms with Gasteiger partial charge in [0, 0.05) is 48.1 Å². The summed E-state index contributed by atoms with van der Waals surface area (Å²) in [4.78, 5) is 11.2. The molecule has 5 heteroatoms. The molecule has 1 N–H and O–H groups in total. The zero-order valence-corrected chi connectivity index (χ0v) is 17.7. The van der Waals surface area contributed by atoms with Gasteiger partial charge in [-0.1, -0.05) is 24.3 Å². The van der Waals surface area contributed by atoms with Crippen molar-refractivity contribution in [2.45, 2.75) is 38.5 Å². The molecule has 3 aromatic rings. The van der Waals surface area contributed by atoms with Crippen LogP contribution in [0.1, 0.15) is 29.0 Å². The first-order valence-electron chi connectivity index (χ1n) is 10.8. The minimum Gasteiger partial charge on any atom is -0.391 e. The van der Waals surface area contributed by atoms with E-state index in [1.165, 1.54) is 41.8 Å². The molecule has 0 amide bonds. The molecule has 2 aliphatic heterocycles. The third-order valence-corrected chi connectivity index (χ3v) is 7.27. The van der Waals surface area contributed by atoms with Gasteiger partial charge in [0.2, 0.25) is 0 Å². The Morgan fingerprint density at radius 3 is 2.76 bits per heavy atom. The van der Waals surface area contributed by atoms with Gasteiger partial charge in [-0.05, 0) is 61.5 Å². The molecular weight excluding hydrogens is 378 g/mol. The molecule has 2 atom stereocenters. The molecule has 0 unspecified atom stereocenters. The highest BCUT2D eigenvalue weighted by atomic mass is 32.1. The maximum Gasteiger partial charge on any atom is 0.0711 e. The molecule has 4 heterocycles. The lowest BCUT2D eigenvalue weighted by Gasteiger charge is -2.15. The average Bonchev–Trinajstić information content (AvgIpc) is 3.46. The number of β-amino-alcohol motifs (C(OH)–C–C–N with tert-alkyl or cyclic N) is 1. The fraction of sp³-hybridized carbons (Fsp3) is 0.458. The highest BCUT2D eigenvalue weighted by Gasteiger charge is 2.31. The van der Waals surface area contributed by atoms with Crippen LogP contribution in [0.5, 0.6) is 0 Å². The summed E-state index contributed by atoms with van der Waals surface area (Å²) in [5, 5.41) is 14.1. The van der Waals surface area contributed by atoms with Crippen molar-refractivity contribution in [3.63, 3.8) is 0 Å². The summed E-state index contributed by atoms with van der Waals surface area (Å²) in [5.41, 5.74) is 3.57. The first-order chi connectivity index (χ1) is 14.2. The SMILES string of the molecule is O[C@@H]1CN(Cc2cc(CN3CCCC3)cs2)C[C@H]1Cc1ccc2ccccc2n1. The standard InChI is InChI=1S/C24H29N3OS/c28-24-16-27(15-22-11-18(17-29-22)13-26-9-3-4-10-26)14-20(24)12-21-8-7-19-5-1-2-6-23(19)25-21/h1-2,5-8,11,17,20,24,28H,3-4,9-10,12-16H2/t20-,24-/m1/s1. The quantitative estimate of drug-likeness (QED) is 0.672. The van der Waals surface area contributed by atoms with E-state index < -0.39 is 0 Å². The zero-order chi connectivity index (χ0) is 19.6. The van der Waals surface area contributed by atoms with Gasteiger partial charge < -0.3 is 5.11 Å². The number of pyridine rings is 1. The Balaban J connectivity index is 1.18. The van der Waals surface area contributed by atoms with E-state index in [-0.39, 0.29) is 12.0 Å². The molecule has 0 saturated carbocycles. The van der Waals surface area contributed by atoms with Gasteiger partial charge >= 0.3 is 0 Å².